The molecule has 1 fully saturated rings. The Kier molecular flexibility index (Phi) is 6.39. The van der Waals surface area contributed by atoms with Gasteiger partial charge in [0.1, 0.15) is 0 Å². The summed E-state index contributed by atoms with van der Waals surface area (Å²) in [6, 6.07) is 0. The third-order valence-electron chi connectivity index (χ3n) is 2.14. The molecule has 0 radical (unpaired) electrons. The molecule has 1 N–H and O–H groups in total. The fraction of sp³-hybridized carbons (Fsp3) is 1.00. The van der Waals surface area contributed by atoms with Crippen molar-refractivity contribution in [1.82, 2.24) is 4.90 Å². The first kappa shape index (κ1) is 11.9. The number of β-amino-alcohol motifs (C(OH)–C–C–N with tert-alkyl or cyclic N) is 1. The second-order valence-corrected chi connectivity index (χ2v) is 3.56. The van der Waals surface area contributed by atoms with E-state index in [0.29, 0.717) is 0 Å². The van der Waals surface area contributed by atoms with Gasteiger partial charge in [-0.3, -0.25) is 0 Å². The predicted octanol–water partition coefficient (Wildman–Crippen LogP) is 1.74. The molecule has 0 aromatic rings. The Labute approximate surface area is 76.6 Å². The van der Waals surface area contributed by atoms with Gasteiger partial charge in [-0.2, -0.15) is 0 Å². The van der Waals surface area contributed by atoms with Gasteiger partial charge in [-0.1, -0.05) is 20.8 Å². The maximum Gasteiger partial charge on any atom is 0.0667 e. The van der Waals surface area contributed by atoms with Gasteiger partial charge in [0.15, 0.2) is 0 Å². The van der Waals surface area contributed by atoms with Crippen molar-refractivity contribution in [3.63, 3.8) is 0 Å². The van der Waals surface area contributed by atoms with Crippen LogP contribution >= 0.6 is 0 Å². The van der Waals surface area contributed by atoms with Crippen LogP contribution in [0.15, 0.2) is 0 Å². The van der Waals surface area contributed by atoms with Gasteiger partial charge in [-0.05, 0) is 25.8 Å². The number of aliphatic hydroxyl groups excluding tert-OH is 1. The van der Waals surface area contributed by atoms with Crippen LogP contribution in [0.25, 0.3) is 0 Å². The lowest BCUT2D eigenvalue weighted by Gasteiger charge is -2.16. The molecule has 1 rings (SSSR count). The topological polar surface area (TPSA) is 23.5 Å². The molecule has 1 aliphatic rings. The third-order valence-corrected chi connectivity index (χ3v) is 2.14. The summed E-state index contributed by atoms with van der Waals surface area (Å²) < 4.78 is 0. The van der Waals surface area contributed by atoms with Crippen LogP contribution in [0.1, 0.15) is 33.6 Å². The Hall–Kier alpha value is -0.0800. The Morgan fingerprint density at radius 2 is 1.75 bits per heavy atom. The maximum atomic E-state index is 9.34. The molecule has 74 valence electrons. The van der Waals surface area contributed by atoms with Gasteiger partial charge >= 0.3 is 0 Å². The van der Waals surface area contributed by atoms with E-state index in [0.717, 1.165) is 25.4 Å². The van der Waals surface area contributed by atoms with E-state index in [9.17, 15) is 5.11 Å². The highest BCUT2D eigenvalue weighted by Gasteiger charge is 2.16. The van der Waals surface area contributed by atoms with Gasteiger partial charge in [-0.15, -0.1) is 0 Å². The molecule has 2 atom stereocenters. The van der Waals surface area contributed by atoms with Crippen LogP contribution in [0.4, 0.5) is 0 Å². The molecule has 0 aliphatic carbocycles. The number of nitrogens with zero attached hydrogens (tertiary/aromatic N) is 1. The van der Waals surface area contributed by atoms with Gasteiger partial charge in [-0.25, -0.2) is 0 Å². The minimum atomic E-state index is -0.0880. The highest BCUT2D eigenvalue weighted by atomic mass is 16.3. The molecule has 0 bridgehead atoms. The molecule has 2 unspecified atom stereocenters. The molecule has 1 heterocycles. The van der Waals surface area contributed by atoms with E-state index < -0.39 is 0 Å². The summed E-state index contributed by atoms with van der Waals surface area (Å²) in [5.74, 6) is 0.752. The molecule has 0 aromatic carbocycles. The minimum absolute atomic E-state index is 0.0880. The van der Waals surface area contributed by atoms with Crippen LogP contribution in [-0.4, -0.2) is 36.2 Å². The van der Waals surface area contributed by atoms with E-state index in [1.807, 2.05) is 13.8 Å². The van der Waals surface area contributed by atoms with E-state index in [4.69, 9.17) is 0 Å². The fourth-order valence-corrected chi connectivity index (χ4v) is 1.63. The molecule has 2 nitrogen and oxygen atoms in total. The molecule has 0 amide bonds. The van der Waals surface area contributed by atoms with E-state index in [1.165, 1.54) is 6.42 Å². The first-order valence-electron chi connectivity index (χ1n) is 5.05. The number of likely N-dealkylation sites (tertiary alicyclic amines) is 1. The second kappa shape index (κ2) is 6.44. The van der Waals surface area contributed by atoms with Crippen molar-refractivity contribution in [3.8, 4) is 0 Å². The highest BCUT2D eigenvalue weighted by molar-refractivity contribution is 4.70. The quantitative estimate of drug-likeness (QED) is 0.603. The van der Waals surface area contributed by atoms with E-state index in [1.54, 1.807) is 0 Å². The number of likely N-dealkylation sites (N-methyl/N-ethyl adjacent to an activating group) is 1. The number of aliphatic hydroxyl groups is 1. The first-order valence-corrected chi connectivity index (χ1v) is 5.05. The summed E-state index contributed by atoms with van der Waals surface area (Å²) in [6.45, 7) is 8.23. The van der Waals surface area contributed by atoms with Gasteiger partial charge in [0, 0.05) is 13.1 Å². The average Bonchev–Trinajstić information content (AvgIpc) is 2.16. The highest BCUT2D eigenvalue weighted by Crippen LogP contribution is 2.14. The molecule has 1 aliphatic heterocycles. The lowest BCUT2D eigenvalue weighted by molar-refractivity contribution is 0.132. The normalized spacial score (nSPS) is 31.8. The summed E-state index contributed by atoms with van der Waals surface area (Å²) in [4.78, 5) is 2.21. The smallest absolute Gasteiger partial charge is 0.0667 e. The predicted molar refractivity (Wildman–Crippen MR) is 53.2 cm³/mol. The van der Waals surface area contributed by atoms with E-state index >= 15 is 0 Å². The van der Waals surface area contributed by atoms with Crippen molar-refractivity contribution in [2.75, 3.05) is 20.1 Å². The van der Waals surface area contributed by atoms with E-state index in [2.05, 4.69) is 18.9 Å². The van der Waals surface area contributed by atoms with Crippen molar-refractivity contribution >= 4 is 0 Å². The SMILES string of the molecule is CC.CC1CCC(O)CN(C)C1. The van der Waals surface area contributed by atoms with Crippen molar-refractivity contribution in [2.45, 2.75) is 39.7 Å². The van der Waals surface area contributed by atoms with Crippen LogP contribution in [0.5, 0.6) is 0 Å². The molecule has 1 saturated heterocycles. The lowest BCUT2D eigenvalue weighted by Crippen LogP contribution is -2.28. The molecular weight excluding hydrogens is 150 g/mol. The fourth-order valence-electron chi connectivity index (χ4n) is 1.63. The Bertz CT molecular complexity index is 94.0. The van der Waals surface area contributed by atoms with Gasteiger partial charge < -0.3 is 10.0 Å². The second-order valence-electron chi connectivity index (χ2n) is 3.56. The van der Waals surface area contributed by atoms with E-state index in [-0.39, 0.29) is 6.10 Å². The first-order chi connectivity index (χ1) is 5.68. The summed E-state index contributed by atoms with van der Waals surface area (Å²) in [5.41, 5.74) is 0. The Morgan fingerprint density at radius 1 is 1.17 bits per heavy atom. The summed E-state index contributed by atoms with van der Waals surface area (Å²) in [7, 11) is 2.07. The van der Waals surface area contributed by atoms with Gasteiger partial charge in [0.2, 0.25) is 0 Å². The molecule has 0 aromatic heterocycles. The van der Waals surface area contributed by atoms with Crippen molar-refractivity contribution < 1.29 is 5.11 Å². The third kappa shape index (κ3) is 4.73. The van der Waals surface area contributed by atoms with Crippen LogP contribution in [0.2, 0.25) is 0 Å². The number of rotatable bonds is 0. The van der Waals surface area contributed by atoms with Crippen LogP contribution in [-0.2, 0) is 0 Å². The summed E-state index contributed by atoms with van der Waals surface area (Å²) in [6.07, 6.45) is 2.06. The zero-order valence-electron chi connectivity index (χ0n) is 8.88. The average molecular weight is 173 g/mol. The summed E-state index contributed by atoms with van der Waals surface area (Å²) >= 11 is 0. The largest absolute Gasteiger partial charge is 0.392 e. The van der Waals surface area contributed by atoms with Gasteiger partial charge in [0.25, 0.3) is 0 Å². The Morgan fingerprint density at radius 3 is 2.33 bits per heavy atom. The zero-order chi connectivity index (χ0) is 9.56. The van der Waals surface area contributed by atoms with Crippen molar-refractivity contribution in [2.24, 2.45) is 5.92 Å². The molecule has 0 saturated carbocycles. The van der Waals surface area contributed by atoms with Crippen molar-refractivity contribution in [3.05, 3.63) is 0 Å². The maximum absolute atomic E-state index is 9.34. The minimum Gasteiger partial charge on any atom is -0.392 e. The zero-order valence-corrected chi connectivity index (χ0v) is 8.88. The Balaban J connectivity index is 0.000000561. The molecule has 2 heteroatoms. The molecular formula is C10H23NO. The molecule has 0 spiro atoms. The van der Waals surface area contributed by atoms with Gasteiger partial charge in [0.05, 0.1) is 6.10 Å². The lowest BCUT2D eigenvalue weighted by atomic mass is 10.1. The monoisotopic (exact) mass is 173 g/mol. The number of hydrogen-bond acceptors (Lipinski definition) is 2. The van der Waals surface area contributed by atoms with Crippen LogP contribution in [0.3, 0.4) is 0 Å². The number of hydrogen-bond donors (Lipinski definition) is 1. The van der Waals surface area contributed by atoms with Crippen LogP contribution in [0, 0.1) is 5.92 Å². The summed E-state index contributed by atoms with van der Waals surface area (Å²) in [5, 5.41) is 9.34. The standard InChI is InChI=1S/C8H17NO.C2H6/c1-7-3-4-8(10)6-9(2)5-7;1-2/h7-8,10H,3-6H2,1-2H3;1-2H3. The van der Waals surface area contributed by atoms with Crippen LogP contribution < -0.4 is 0 Å². The van der Waals surface area contributed by atoms with Crippen molar-refractivity contribution in [1.29, 1.82) is 0 Å². The molecule has 12 heavy (non-hydrogen) atoms.